The van der Waals surface area contributed by atoms with Crippen molar-refractivity contribution in [3.05, 3.63) is 175 Å². The molecule has 0 aromatic heterocycles. The van der Waals surface area contributed by atoms with Crippen molar-refractivity contribution in [3.8, 4) is 0 Å². The number of nitrogens with zero attached hydrogens (tertiary/aromatic N) is 2. The maximum Gasteiger partial charge on any atom is 0.0560 e. The molecular weight excluding hydrogens is 556 g/mol. The monoisotopic (exact) mass is 592 g/mol. The Morgan fingerprint density at radius 2 is 0.978 bits per heavy atom. The summed E-state index contributed by atoms with van der Waals surface area (Å²) in [5, 5.41) is 7.50. The van der Waals surface area contributed by atoms with Crippen molar-refractivity contribution >= 4 is 60.8 Å². The predicted molar refractivity (Wildman–Crippen MR) is 198 cm³/mol. The van der Waals surface area contributed by atoms with Gasteiger partial charge >= 0.3 is 0 Å². The minimum absolute atomic E-state index is 0.215. The van der Waals surface area contributed by atoms with Crippen molar-refractivity contribution in [1.29, 1.82) is 0 Å². The average Bonchev–Trinajstić information content (AvgIpc) is 3.11. The fraction of sp³-hybridized carbons (Fsp3) is 0.0909. The van der Waals surface area contributed by atoms with Crippen molar-refractivity contribution in [1.82, 2.24) is 0 Å². The molecule has 0 bridgehead atoms. The highest BCUT2D eigenvalue weighted by atomic mass is 15.2. The summed E-state index contributed by atoms with van der Waals surface area (Å²) in [6.07, 6.45) is 7.95. The number of anilines is 5. The summed E-state index contributed by atoms with van der Waals surface area (Å²) < 4.78 is 0. The van der Waals surface area contributed by atoms with Crippen molar-refractivity contribution in [2.24, 2.45) is 0 Å². The van der Waals surface area contributed by atoms with Crippen molar-refractivity contribution in [2.45, 2.75) is 26.3 Å². The number of benzene rings is 7. The van der Waals surface area contributed by atoms with Crippen LogP contribution in [0.25, 0.3) is 32.3 Å². The normalized spacial score (nSPS) is 14.5. The largest absolute Gasteiger partial charge is 0.334 e. The van der Waals surface area contributed by atoms with E-state index in [9.17, 15) is 0 Å². The van der Waals surface area contributed by atoms with Gasteiger partial charge in [0, 0.05) is 27.8 Å². The third kappa shape index (κ3) is 4.93. The minimum Gasteiger partial charge on any atom is -0.334 e. The maximum absolute atomic E-state index is 2.53. The van der Waals surface area contributed by atoms with E-state index < -0.39 is 0 Å². The summed E-state index contributed by atoms with van der Waals surface area (Å²) in [6, 6.07) is 53.3. The molecule has 1 aliphatic carbocycles. The molecule has 7 aromatic carbocycles. The van der Waals surface area contributed by atoms with Gasteiger partial charge in [0.15, 0.2) is 0 Å². The number of allylic oxidation sites excluding steroid dienone is 2. The van der Waals surface area contributed by atoms with Gasteiger partial charge in [-0.2, -0.15) is 0 Å². The lowest BCUT2D eigenvalue weighted by molar-refractivity contribution is 0.782. The molecule has 0 saturated heterocycles. The van der Waals surface area contributed by atoms with Gasteiger partial charge in [0.2, 0.25) is 0 Å². The number of fused-ring (bicyclic) bond motifs is 5. The Kier molecular flexibility index (Phi) is 7.11. The van der Waals surface area contributed by atoms with Crippen LogP contribution in [-0.2, 0) is 0 Å². The Morgan fingerprint density at radius 3 is 1.57 bits per heavy atom. The molecule has 2 heteroatoms. The summed E-state index contributed by atoms with van der Waals surface area (Å²) in [5.41, 5.74) is 8.46. The molecule has 8 rings (SSSR count). The van der Waals surface area contributed by atoms with Gasteiger partial charge in [0.05, 0.1) is 17.4 Å². The van der Waals surface area contributed by atoms with E-state index in [2.05, 4.69) is 187 Å². The Morgan fingerprint density at radius 1 is 0.478 bits per heavy atom. The van der Waals surface area contributed by atoms with Crippen LogP contribution in [0.15, 0.2) is 169 Å². The van der Waals surface area contributed by atoms with Crippen LogP contribution in [-0.4, -0.2) is 6.04 Å². The number of para-hydroxylation sites is 2. The highest BCUT2D eigenvalue weighted by Gasteiger charge is 2.24. The van der Waals surface area contributed by atoms with Crippen LogP contribution in [0.1, 0.15) is 18.9 Å². The molecule has 0 radical (unpaired) electrons. The smallest absolute Gasteiger partial charge is 0.0560 e. The first-order valence-corrected chi connectivity index (χ1v) is 16.1. The third-order valence-corrected chi connectivity index (χ3v) is 9.27. The summed E-state index contributed by atoms with van der Waals surface area (Å²) in [4.78, 5) is 4.94. The summed E-state index contributed by atoms with van der Waals surface area (Å²) >= 11 is 0. The van der Waals surface area contributed by atoms with E-state index >= 15 is 0 Å². The van der Waals surface area contributed by atoms with Crippen molar-refractivity contribution < 1.29 is 0 Å². The van der Waals surface area contributed by atoms with Gasteiger partial charge in [0.1, 0.15) is 0 Å². The van der Waals surface area contributed by atoms with E-state index in [1.54, 1.807) is 0 Å². The molecule has 2 nitrogen and oxygen atoms in total. The first-order chi connectivity index (χ1) is 22.7. The van der Waals surface area contributed by atoms with Crippen LogP contribution >= 0.6 is 0 Å². The summed E-state index contributed by atoms with van der Waals surface area (Å²) in [5.74, 6) is 0. The fourth-order valence-corrected chi connectivity index (χ4v) is 7.00. The van der Waals surface area contributed by atoms with Crippen LogP contribution in [0, 0.1) is 6.92 Å². The lowest BCUT2D eigenvalue weighted by Crippen LogP contribution is -2.30. The van der Waals surface area contributed by atoms with E-state index in [1.165, 1.54) is 60.5 Å². The molecule has 46 heavy (non-hydrogen) atoms. The quantitative estimate of drug-likeness (QED) is 0.177. The average molecular weight is 593 g/mol. The molecular formula is C44H36N2. The van der Waals surface area contributed by atoms with Gasteiger partial charge in [-0.15, -0.1) is 0 Å². The van der Waals surface area contributed by atoms with Gasteiger partial charge in [-0.05, 0) is 90.3 Å². The molecule has 0 fully saturated rings. The number of rotatable bonds is 6. The summed E-state index contributed by atoms with van der Waals surface area (Å²) in [7, 11) is 0. The summed E-state index contributed by atoms with van der Waals surface area (Å²) in [6.45, 7) is 4.33. The first kappa shape index (κ1) is 27.9. The number of aryl methyl sites for hydroxylation is 1. The first-order valence-electron chi connectivity index (χ1n) is 16.1. The van der Waals surface area contributed by atoms with Crippen molar-refractivity contribution in [2.75, 3.05) is 9.80 Å². The Balaban J connectivity index is 1.44. The Labute approximate surface area is 271 Å². The zero-order valence-electron chi connectivity index (χ0n) is 26.3. The second kappa shape index (κ2) is 11.7. The van der Waals surface area contributed by atoms with Gasteiger partial charge in [-0.1, -0.05) is 126 Å². The number of hydrogen-bond donors (Lipinski definition) is 0. The second-order valence-electron chi connectivity index (χ2n) is 12.3. The molecule has 0 aliphatic heterocycles. The van der Waals surface area contributed by atoms with Gasteiger partial charge < -0.3 is 9.80 Å². The molecule has 0 heterocycles. The molecule has 1 atom stereocenters. The molecule has 0 N–H and O–H groups in total. The standard InChI is InChI=1S/C44H36N2/c1-31-21-25-35(26-22-31)45(33-13-5-3-6-14-33)43-29-41-38-18-10-12-20-40(38)44(30-42(41)37-17-9-11-19-39(37)43)46(34-15-7-4-8-16-34)36-27-23-32(2)24-28-36/h3-27,29-30,36H,28H2,1-2H3. The maximum atomic E-state index is 2.53. The van der Waals surface area contributed by atoms with E-state index in [1.807, 2.05) is 0 Å². The molecule has 1 aliphatic rings. The predicted octanol–water partition coefficient (Wildman–Crippen LogP) is 12.3. The molecule has 1 unspecified atom stereocenters. The SMILES string of the molecule is CC1=CCC(N(c2ccccc2)c2cc3c4ccccc4c(N(c4ccccc4)c4ccc(C)cc4)cc3c3ccccc23)C=C1. The minimum atomic E-state index is 0.215. The topological polar surface area (TPSA) is 6.48 Å². The van der Waals surface area contributed by atoms with Gasteiger partial charge in [-0.25, -0.2) is 0 Å². The Bertz CT molecular complexity index is 2250. The van der Waals surface area contributed by atoms with E-state index in [4.69, 9.17) is 0 Å². The zero-order valence-corrected chi connectivity index (χ0v) is 26.3. The number of hydrogen-bond acceptors (Lipinski definition) is 2. The lowest BCUT2D eigenvalue weighted by Gasteiger charge is -2.34. The zero-order chi connectivity index (χ0) is 31.0. The molecule has 0 amide bonds. The molecule has 222 valence electrons. The van der Waals surface area contributed by atoms with Crippen LogP contribution in [0.2, 0.25) is 0 Å². The molecule has 0 spiro atoms. The lowest BCUT2D eigenvalue weighted by atomic mass is 9.92. The highest BCUT2D eigenvalue weighted by Crippen LogP contribution is 2.46. The fourth-order valence-electron chi connectivity index (χ4n) is 7.00. The third-order valence-electron chi connectivity index (χ3n) is 9.27. The van der Waals surface area contributed by atoms with Crippen LogP contribution < -0.4 is 9.80 Å². The van der Waals surface area contributed by atoms with Crippen LogP contribution in [0.5, 0.6) is 0 Å². The van der Waals surface area contributed by atoms with Gasteiger partial charge in [0.25, 0.3) is 0 Å². The van der Waals surface area contributed by atoms with Gasteiger partial charge in [-0.3, -0.25) is 0 Å². The van der Waals surface area contributed by atoms with E-state index in [0.29, 0.717) is 0 Å². The van der Waals surface area contributed by atoms with Crippen LogP contribution in [0.3, 0.4) is 0 Å². The van der Waals surface area contributed by atoms with E-state index in [0.717, 1.165) is 17.8 Å². The van der Waals surface area contributed by atoms with Crippen LogP contribution in [0.4, 0.5) is 28.4 Å². The highest BCUT2D eigenvalue weighted by molar-refractivity contribution is 6.24. The second-order valence-corrected chi connectivity index (χ2v) is 12.3. The molecule has 0 saturated carbocycles. The Hall–Kier alpha value is -5.60. The van der Waals surface area contributed by atoms with Crippen molar-refractivity contribution in [3.63, 3.8) is 0 Å². The molecule has 7 aromatic rings. The van der Waals surface area contributed by atoms with E-state index in [-0.39, 0.29) is 6.04 Å².